The second kappa shape index (κ2) is 10.9. The Morgan fingerprint density at radius 3 is 2.41 bits per heavy atom. The topological polar surface area (TPSA) is 43.4 Å². The van der Waals surface area contributed by atoms with Gasteiger partial charge in [0.25, 0.3) is 0 Å². The lowest BCUT2D eigenvalue weighted by Gasteiger charge is -2.60. The van der Waals surface area contributed by atoms with Crippen molar-refractivity contribution in [2.75, 3.05) is 0 Å². The Morgan fingerprint density at radius 2 is 1.68 bits per heavy atom. The van der Waals surface area contributed by atoms with Crippen LogP contribution in [0, 0.1) is 34.5 Å². The van der Waals surface area contributed by atoms with E-state index in [2.05, 4.69) is 26.8 Å². The zero-order chi connectivity index (χ0) is 24.3. The number of ketones is 1. The number of hydrogen-bond acceptors (Lipinski definition) is 3. The molecule has 3 fully saturated rings. The van der Waals surface area contributed by atoms with Crippen molar-refractivity contribution < 1.29 is 14.3 Å². The van der Waals surface area contributed by atoms with Crippen molar-refractivity contribution >= 4 is 11.8 Å². The molecule has 4 aliphatic rings. The third-order valence-electron chi connectivity index (χ3n) is 10.9. The van der Waals surface area contributed by atoms with E-state index in [9.17, 15) is 9.59 Å². The predicted octanol–water partition coefficient (Wildman–Crippen LogP) is 8.21. The molecular weight excluding hydrogens is 420 g/mol. The SMILES string of the molecule is CCCCCCCCCC(=O)O[C@@H]1CC[C@@]2(C)[C@@H](CC[C@@H]3[C@H]2CC[C@]2(C)C(C(C)=O)=CC[C@@H]32)C1. The molecule has 0 aromatic heterocycles. The van der Waals surface area contributed by atoms with Crippen LogP contribution in [0.2, 0.25) is 0 Å². The van der Waals surface area contributed by atoms with Crippen molar-refractivity contribution in [3.63, 3.8) is 0 Å². The smallest absolute Gasteiger partial charge is 0.306 e. The first-order chi connectivity index (χ1) is 16.3. The molecule has 0 unspecified atom stereocenters. The molecule has 0 heterocycles. The second-order valence-corrected chi connectivity index (χ2v) is 12.8. The molecule has 3 heteroatoms. The molecule has 0 aromatic rings. The Labute approximate surface area is 208 Å². The van der Waals surface area contributed by atoms with Gasteiger partial charge >= 0.3 is 5.97 Å². The van der Waals surface area contributed by atoms with Gasteiger partial charge in [0.05, 0.1) is 0 Å². The number of ether oxygens (including phenoxy) is 1. The maximum atomic E-state index is 12.5. The Bertz CT molecular complexity index is 769. The Kier molecular flexibility index (Phi) is 8.30. The van der Waals surface area contributed by atoms with E-state index >= 15 is 0 Å². The van der Waals surface area contributed by atoms with Gasteiger partial charge in [0, 0.05) is 6.42 Å². The molecule has 0 amide bonds. The van der Waals surface area contributed by atoms with Crippen molar-refractivity contribution in [1.29, 1.82) is 0 Å². The fourth-order valence-electron chi connectivity index (χ4n) is 8.91. The standard InChI is InChI=1S/C31H50O3/c1-5-6-7-8-9-10-11-12-29(33)34-24-17-19-30(3)23(21-24)13-14-25-27-16-15-26(22(2)32)31(27,4)20-18-28(25)30/h15,23-25,27-28H,5-14,16-21H2,1-4H3/t23-,24+,25-,27-,28+,30-,31+/m0/s1. The fraction of sp³-hybridized carbons (Fsp3) is 0.871. The quantitative estimate of drug-likeness (QED) is 0.239. The van der Waals surface area contributed by atoms with Gasteiger partial charge in [-0.3, -0.25) is 9.59 Å². The van der Waals surface area contributed by atoms with E-state index in [0.29, 0.717) is 29.5 Å². The molecule has 3 saturated carbocycles. The molecule has 0 aromatic carbocycles. The number of hydrogen-bond donors (Lipinski definition) is 0. The maximum Gasteiger partial charge on any atom is 0.306 e. The van der Waals surface area contributed by atoms with E-state index in [-0.39, 0.29) is 17.5 Å². The van der Waals surface area contributed by atoms with Crippen LogP contribution >= 0.6 is 0 Å². The number of carbonyl (C=O) groups is 2. The lowest BCUT2D eigenvalue weighted by Crippen LogP contribution is -2.54. The molecule has 4 rings (SSSR count). The normalized spacial score (nSPS) is 38.9. The summed E-state index contributed by atoms with van der Waals surface area (Å²) < 4.78 is 6.01. The molecular formula is C31H50O3. The van der Waals surface area contributed by atoms with Crippen LogP contribution in [-0.2, 0) is 14.3 Å². The van der Waals surface area contributed by atoms with Gasteiger partial charge in [0.15, 0.2) is 5.78 Å². The lowest BCUT2D eigenvalue weighted by molar-refractivity contribution is -0.161. The molecule has 3 nitrogen and oxygen atoms in total. The molecule has 0 aliphatic heterocycles. The van der Waals surface area contributed by atoms with Crippen LogP contribution in [0.15, 0.2) is 11.6 Å². The monoisotopic (exact) mass is 470 g/mol. The van der Waals surface area contributed by atoms with E-state index in [1.807, 2.05) is 0 Å². The van der Waals surface area contributed by atoms with Gasteiger partial charge in [-0.25, -0.2) is 0 Å². The minimum Gasteiger partial charge on any atom is -0.462 e. The van der Waals surface area contributed by atoms with Crippen LogP contribution in [0.4, 0.5) is 0 Å². The highest BCUT2D eigenvalue weighted by molar-refractivity contribution is 5.95. The largest absolute Gasteiger partial charge is 0.462 e. The van der Waals surface area contributed by atoms with Gasteiger partial charge in [-0.2, -0.15) is 0 Å². The summed E-state index contributed by atoms with van der Waals surface area (Å²) in [7, 11) is 0. The minimum absolute atomic E-state index is 0.0399. The van der Waals surface area contributed by atoms with Gasteiger partial charge in [-0.05, 0) is 105 Å². The van der Waals surface area contributed by atoms with Gasteiger partial charge in [-0.15, -0.1) is 0 Å². The number of fused-ring (bicyclic) bond motifs is 5. The summed E-state index contributed by atoms with van der Waals surface area (Å²) in [6, 6.07) is 0. The fourth-order valence-corrected chi connectivity index (χ4v) is 8.91. The summed E-state index contributed by atoms with van der Waals surface area (Å²) in [5, 5.41) is 0. The average molecular weight is 471 g/mol. The predicted molar refractivity (Wildman–Crippen MR) is 138 cm³/mol. The average Bonchev–Trinajstić information content (AvgIpc) is 3.16. The molecule has 34 heavy (non-hydrogen) atoms. The van der Waals surface area contributed by atoms with Crippen LogP contribution in [0.5, 0.6) is 0 Å². The summed E-state index contributed by atoms with van der Waals surface area (Å²) in [5.41, 5.74) is 1.61. The van der Waals surface area contributed by atoms with Crippen LogP contribution < -0.4 is 0 Å². The number of Topliss-reactive ketones (excluding diaryl/α,β-unsaturated/α-hetero) is 1. The van der Waals surface area contributed by atoms with Crippen molar-refractivity contribution in [3.05, 3.63) is 11.6 Å². The molecule has 7 atom stereocenters. The van der Waals surface area contributed by atoms with Crippen LogP contribution in [0.1, 0.15) is 130 Å². The summed E-state index contributed by atoms with van der Waals surface area (Å²) in [6.07, 6.45) is 21.1. The van der Waals surface area contributed by atoms with E-state index < -0.39 is 0 Å². The molecule has 0 radical (unpaired) electrons. The van der Waals surface area contributed by atoms with E-state index in [4.69, 9.17) is 4.74 Å². The lowest BCUT2D eigenvalue weighted by atomic mass is 9.44. The second-order valence-electron chi connectivity index (χ2n) is 12.8. The third-order valence-corrected chi connectivity index (χ3v) is 10.9. The first kappa shape index (κ1) is 26.0. The summed E-state index contributed by atoms with van der Waals surface area (Å²) in [5.74, 6) is 3.20. The van der Waals surface area contributed by atoms with Crippen molar-refractivity contribution in [3.8, 4) is 0 Å². The number of rotatable bonds is 10. The molecule has 0 spiro atoms. The van der Waals surface area contributed by atoms with Crippen molar-refractivity contribution in [2.45, 2.75) is 137 Å². The number of allylic oxidation sites excluding steroid dienone is 2. The molecule has 192 valence electrons. The van der Waals surface area contributed by atoms with Crippen LogP contribution in [0.3, 0.4) is 0 Å². The molecule has 0 bridgehead atoms. The first-order valence-electron chi connectivity index (χ1n) is 14.7. The van der Waals surface area contributed by atoms with Gasteiger partial charge in [0.2, 0.25) is 0 Å². The van der Waals surface area contributed by atoms with Crippen LogP contribution in [-0.4, -0.2) is 17.9 Å². The number of esters is 1. The molecule has 4 aliphatic carbocycles. The number of unbranched alkanes of at least 4 members (excludes halogenated alkanes) is 6. The van der Waals surface area contributed by atoms with E-state index in [0.717, 1.165) is 49.5 Å². The zero-order valence-corrected chi connectivity index (χ0v) is 22.5. The highest BCUT2D eigenvalue weighted by Gasteiger charge is 2.59. The summed E-state index contributed by atoms with van der Waals surface area (Å²) >= 11 is 0. The Hall–Kier alpha value is -1.12. The zero-order valence-electron chi connectivity index (χ0n) is 22.5. The molecule has 0 N–H and O–H groups in total. The minimum atomic E-state index is 0.0399. The number of carbonyl (C=O) groups excluding carboxylic acids is 2. The summed E-state index contributed by atoms with van der Waals surface area (Å²) in [6.45, 7) is 8.95. The first-order valence-corrected chi connectivity index (χ1v) is 14.7. The third kappa shape index (κ3) is 5.05. The maximum absolute atomic E-state index is 12.5. The summed E-state index contributed by atoms with van der Waals surface area (Å²) in [4.78, 5) is 24.8. The van der Waals surface area contributed by atoms with Gasteiger partial charge < -0.3 is 4.74 Å². The van der Waals surface area contributed by atoms with E-state index in [1.54, 1.807) is 6.92 Å². The van der Waals surface area contributed by atoms with Crippen molar-refractivity contribution in [2.24, 2.45) is 34.5 Å². The van der Waals surface area contributed by atoms with E-state index in [1.165, 1.54) is 64.2 Å². The molecule has 0 saturated heterocycles. The van der Waals surface area contributed by atoms with Crippen molar-refractivity contribution in [1.82, 2.24) is 0 Å². The van der Waals surface area contributed by atoms with Crippen LogP contribution in [0.25, 0.3) is 0 Å². The van der Waals surface area contributed by atoms with Gasteiger partial charge in [-0.1, -0.05) is 65.4 Å². The Balaban J connectivity index is 1.26. The van der Waals surface area contributed by atoms with Gasteiger partial charge in [0.1, 0.15) is 6.10 Å². The highest BCUT2D eigenvalue weighted by atomic mass is 16.5. The highest BCUT2D eigenvalue weighted by Crippen LogP contribution is 2.66. The Morgan fingerprint density at radius 1 is 0.941 bits per heavy atom.